The number of anilines is 1. The van der Waals surface area contributed by atoms with Crippen LogP contribution in [-0.4, -0.2) is 50.2 Å². The van der Waals surface area contributed by atoms with Gasteiger partial charge in [0.25, 0.3) is 0 Å². The smallest absolute Gasteiger partial charge is 0.185 e. The lowest BCUT2D eigenvalue weighted by molar-refractivity contribution is 0.248. The first-order chi connectivity index (χ1) is 9.69. The molecule has 2 aliphatic rings. The van der Waals surface area contributed by atoms with Gasteiger partial charge in [-0.15, -0.1) is 11.3 Å². The van der Waals surface area contributed by atoms with Crippen molar-refractivity contribution in [2.24, 2.45) is 0 Å². The summed E-state index contributed by atoms with van der Waals surface area (Å²) >= 11 is 1.89. The van der Waals surface area contributed by atoms with Crippen molar-refractivity contribution in [2.45, 2.75) is 44.2 Å². The average Bonchev–Trinajstić information content (AvgIpc) is 3.20. The molecule has 1 aromatic rings. The average molecular weight is 294 g/mol. The van der Waals surface area contributed by atoms with Gasteiger partial charge in [0.05, 0.1) is 5.69 Å². The Balaban J connectivity index is 1.76. The normalized spacial score (nSPS) is 24.1. The van der Waals surface area contributed by atoms with Crippen LogP contribution in [0.2, 0.25) is 0 Å². The molecule has 2 heterocycles. The summed E-state index contributed by atoms with van der Waals surface area (Å²) in [7, 11) is 6.47. The van der Waals surface area contributed by atoms with E-state index in [-0.39, 0.29) is 0 Å². The van der Waals surface area contributed by atoms with Crippen molar-refractivity contribution >= 4 is 16.5 Å². The quantitative estimate of drug-likeness (QED) is 0.903. The largest absolute Gasteiger partial charge is 0.347 e. The van der Waals surface area contributed by atoms with E-state index in [9.17, 15) is 0 Å². The van der Waals surface area contributed by atoms with E-state index >= 15 is 0 Å². The summed E-state index contributed by atoms with van der Waals surface area (Å²) < 4.78 is 0. The maximum absolute atomic E-state index is 4.98. The van der Waals surface area contributed by atoms with Gasteiger partial charge in [0.1, 0.15) is 0 Å². The molecule has 1 saturated heterocycles. The molecule has 0 radical (unpaired) electrons. The second kappa shape index (κ2) is 6.00. The van der Waals surface area contributed by atoms with Crippen molar-refractivity contribution in [2.75, 3.05) is 39.1 Å². The topological polar surface area (TPSA) is 31.4 Å². The van der Waals surface area contributed by atoms with Gasteiger partial charge < -0.3 is 15.1 Å². The van der Waals surface area contributed by atoms with Crippen LogP contribution in [0.25, 0.3) is 0 Å². The van der Waals surface area contributed by atoms with Crippen molar-refractivity contribution in [3.05, 3.63) is 10.6 Å². The molecule has 4 nitrogen and oxygen atoms in total. The van der Waals surface area contributed by atoms with Crippen molar-refractivity contribution in [3.8, 4) is 0 Å². The number of piperidine rings is 1. The molecule has 112 valence electrons. The first kappa shape index (κ1) is 14.3. The van der Waals surface area contributed by atoms with Gasteiger partial charge in [-0.25, -0.2) is 4.98 Å². The van der Waals surface area contributed by atoms with Crippen LogP contribution in [0.15, 0.2) is 0 Å². The van der Waals surface area contributed by atoms with Crippen LogP contribution < -0.4 is 10.2 Å². The molecule has 0 bridgehead atoms. The second-order valence-corrected chi connectivity index (χ2v) is 7.34. The van der Waals surface area contributed by atoms with Gasteiger partial charge in [-0.05, 0) is 46.3 Å². The summed E-state index contributed by atoms with van der Waals surface area (Å²) in [5.74, 6) is 0.741. The Kier molecular flexibility index (Phi) is 4.29. The van der Waals surface area contributed by atoms with E-state index < -0.39 is 0 Å². The van der Waals surface area contributed by atoms with Crippen LogP contribution in [-0.2, 0) is 6.54 Å². The maximum atomic E-state index is 4.98. The molecule has 1 aliphatic carbocycles. The minimum absolute atomic E-state index is 0.620. The molecule has 1 aliphatic heterocycles. The lowest BCUT2D eigenvalue weighted by atomic mass is 10.1. The summed E-state index contributed by atoms with van der Waals surface area (Å²) in [6.07, 6.45) is 5.25. The third-order valence-electron chi connectivity index (χ3n) is 4.47. The summed E-state index contributed by atoms with van der Waals surface area (Å²) in [4.78, 5) is 11.3. The Morgan fingerprint density at radius 2 is 2.20 bits per heavy atom. The Labute approximate surface area is 126 Å². The first-order valence-electron chi connectivity index (χ1n) is 7.74. The lowest BCUT2D eigenvalue weighted by Crippen LogP contribution is -2.45. The fourth-order valence-corrected chi connectivity index (χ4v) is 4.27. The Morgan fingerprint density at radius 1 is 1.40 bits per heavy atom. The van der Waals surface area contributed by atoms with Gasteiger partial charge in [0.15, 0.2) is 5.13 Å². The van der Waals surface area contributed by atoms with E-state index in [2.05, 4.69) is 29.2 Å². The number of rotatable bonds is 5. The van der Waals surface area contributed by atoms with Gasteiger partial charge in [0, 0.05) is 37.0 Å². The van der Waals surface area contributed by atoms with Crippen molar-refractivity contribution in [1.82, 2.24) is 15.2 Å². The lowest BCUT2D eigenvalue weighted by Gasteiger charge is -2.35. The fourth-order valence-electron chi connectivity index (χ4n) is 3.08. The number of likely N-dealkylation sites (tertiary alicyclic amines) is 1. The standard InChI is InChI=1S/C15H26N4S/c1-16-9-13-14(11-6-7-11)17-15(20-13)19(3)12-5-4-8-18(2)10-12/h11-12,16H,4-10H2,1-3H3. The maximum Gasteiger partial charge on any atom is 0.185 e. The van der Waals surface area contributed by atoms with Crippen LogP contribution in [0, 0.1) is 0 Å². The highest BCUT2D eigenvalue weighted by molar-refractivity contribution is 7.15. The molecular formula is C15H26N4S. The molecule has 0 aromatic carbocycles. The predicted octanol–water partition coefficient (Wildman–Crippen LogP) is 2.27. The molecule has 1 atom stereocenters. The number of aromatic nitrogens is 1. The zero-order chi connectivity index (χ0) is 14.1. The monoisotopic (exact) mass is 294 g/mol. The molecule has 1 saturated carbocycles. The molecule has 1 N–H and O–H groups in total. The molecule has 0 amide bonds. The highest BCUT2D eigenvalue weighted by Crippen LogP contribution is 2.44. The van der Waals surface area contributed by atoms with E-state index in [1.54, 1.807) is 0 Å². The minimum Gasteiger partial charge on any atom is -0.347 e. The molecule has 1 aromatic heterocycles. The first-order valence-corrected chi connectivity index (χ1v) is 8.56. The number of hydrogen-bond donors (Lipinski definition) is 1. The third kappa shape index (κ3) is 3.00. The van der Waals surface area contributed by atoms with Crippen molar-refractivity contribution in [1.29, 1.82) is 0 Å². The van der Waals surface area contributed by atoms with Gasteiger partial charge in [-0.3, -0.25) is 0 Å². The number of thiazole rings is 1. The number of hydrogen-bond acceptors (Lipinski definition) is 5. The molecule has 1 unspecified atom stereocenters. The SMILES string of the molecule is CNCc1sc(N(C)C2CCCN(C)C2)nc1C1CC1. The zero-order valence-corrected chi connectivity index (χ0v) is 13.7. The minimum atomic E-state index is 0.620. The summed E-state index contributed by atoms with van der Waals surface area (Å²) in [6, 6.07) is 0.620. The summed E-state index contributed by atoms with van der Waals surface area (Å²) in [5, 5.41) is 4.51. The van der Waals surface area contributed by atoms with Gasteiger partial charge in [-0.1, -0.05) is 0 Å². The van der Waals surface area contributed by atoms with Crippen LogP contribution >= 0.6 is 11.3 Å². The fraction of sp³-hybridized carbons (Fsp3) is 0.800. The highest BCUT2D eigenvalue weighted by Gasteiger charge is 2.31. The molecule has 2 fully saturated rings. The molecule has 20 heavy (non-hydrogen) atoms. The van der Waals surface area contributed by atoms with Crippen LogP contribution in [0.1, 0.15) is 42.2 Å². The van der Waals surface area contributed by atoms with Crippen molar-refractivity contribution in [3.63, 3.8) is 0 Å². The van der Waals surface area contributed by atoms with Gasteiger partial charge in [0.2, 0.25) is 0 Å². The van der Waals surface area contributed by atoms with E-state index in [0.717, 1.165) is 19.0 Å². The molecule has 0 spiro atoms. The van der Waals surface area contributed by atoms with E-state index in [1.165, 1.54) is 47.9 Å². The number of likely N-dealkylation sites (N-methyl/N-ethyl adjacent to an activating group) is 2. The Morgan fingerprint density at radius 3 is 2.85 bits per heavy atom. The second-order valence-electron chi connectivity index (χ2n) is 6.28. The van der Waals surface area contributed by atoms with Crippen molar-refractivity contribution < 1.29 is 0 Å². The summed E-state index contributed by atoms with van der Waals surface area (Å²) in [6.45, 7) is 3.36. The van der Waals surface area contributed by atoms with Crippen LogP contribution in [0.5, 0.6) is 0 Å². The van der Waals surface area contributed by atoms with Crippen LogP contribution in [0.4, 0.5) is 5.13 Å². The Hall–Kier alpha value is -0.650. The van der Waals surface area contributed by atoms with E-state index in [4.69, 9.17) is 4.98 Å². The van der Waals surface area contributed by atoms with E-state index in [0.29, 0.717) is 6.04 Å². The Bertz CT molecular complexity index is 455. The third-order valence-corrected chi connectivity index (χ3v) is 5.63. The van der Waals surface area contributed by atoms with Crippen LogP contribution in [0.3, 0.4) is 0 Å². The number of nitrogens with one attached hydrogen (secondary N) is 1. The molecular weight excluding hydrogens is 268 g/mol. The van der Waals surface area contributed by atoms with E-state index in [1.807, 2.05) is 18.4 Å². The van der Waals surface area contributed by atoms with Gasteiger partial charge >= 0.3 is 0 Å². The highest BCUT2D eigenvalue weighted by atomic mass is 32.1. The molecule has 5 heteroatoms. The summed E-state index contributed by atoms with van der Waals surface area (Å²) in [5.41, 5.74) is 1.37. The predicted molar refractivity (Wildman–Crippen MR) is 85.8 cm³/mol. The molecule has 3 rings (SSSR count). The van der Waals surface area contributed by atoms with Gasteiger partial charge in [-0.2, -0.15) is 0 Å². The number of nitrogens with zero attached hydrogens (tertiary/aromatic N) is 3. The zero-order valence-electron chi connectivity index (χ0n) is 12.9.